The number of ether oxygens (including phenoxy) is 1. The molecule has 144 valence electrons. The number of benzene rings is 1. The zero-order valence-corrected chi connectivity index (χ0v) is 15.8. The molecule has 1 aromatic carbocycles. The minimum absolute atomic E-state index is 0.118. The van der Waals surface area contributed by atoms with Gasteiger partial charge in [0.05, 0.1) is 13.0 Å². The molecule has 0 fully saturated rings. The Kier molecular flexibility index (Phi) is 10.8. The van der Waals surface area contributed by atoms with Crippen LogP contribution in [0.5, 0.6) is 0 Å². The second-order valence-electron chi connectivity index (χ2n) is 6.13. The van der Waals surface area contributed by atoms with Crippen molar-refractivity contribution in [1.82, 2.24) is 10.6 Å². The van der Waals surface area contributed by atoms with E-state index in [1.54, 1.807) is 6.92 Å². The predicted molar refractivity (Wildman–Crippen MR) is 100 cm³/mol. The molecule has 0 aromatic heterocycles. The number of rotatable bonds is 12. The molecule has 6 heteroatoms. The zero-order chi connectivity index (χ0) is 19.2. The lowest BCUT2D eigenvalue weighted by Crippen LogP contribution is -2.43. The van der Waals surface area contributed by atoms with E-state index in [4.69, 9.17) is 4.74 Å². The number of amides is 2. The quantitative estimate of drug-likeness (QED) is 0.442. The molecular weight excluding hydrogens is 332 g/mol. The van der Waals surface area contributed by atoms with Crippen LogP contribution in [-0.4, -0.2) is 37.0 Å². The standard InChI is InChI=1S/C20H30N2O4/c1-3-5-9-14-21-18(23)13-12-17(20(25)26-4-2)22-19(24)15-16-10-7-6-8-11-16/h6-8,10-11,17H,3-5,9,12-15H2,1-2H3,(H,21,23)(H,22,24)/t17-/m1/s1. The highest BCUT2D eigenvalue weighted by Crippen LogP contribution is 2.04. The molecule has 0 heterocycles. The van der Waals surface area contributed by atoms with Gasteiger partial charge in [0.15, 0.2) is 0 Å². The average Bonchev–Trinajstić information content (AvgIpc) is 2.63. The van der Waals surface area contributed by atoms with Gasteiger partial charge in [0.25, 0.3) is 0 Å². The van der Waals surface area contributed by atoms with Crippen molar-refractivity contribution in [2.45, 2.75) is 58.4 Å². The first-order chi connectivity index (χ1) is 12.6. The van der Waals surface area contributed by atoms with Gasteiger partial charge in [-0.3, -0.25) is 9.59 Å². The summed E-state index contributed by atoms with van der Waals surface area (Å²) in [5.74, 6) is -0.891. The molecule has 6 nitrogen and oxygen atoms in total. The highest BCUT2D eigenvalue weighted by Gasteiger charge is 2.23. The zero-order valence-electron chi connectivity index (χ0n) is 15.8. The van der Waals surface area contributed by atoms with Crippen LogP contribution in [0.2, 0.25) is 0 Å². The maximum absolute atomic E-state index is 12.2. The fraction of sp³-hybridized carbons (Fsp3) is 0.550. The first-order valence-electron chi connectivity index (χ1n) is 9.33. The van der Waals surface area contributed by atoms with Crippen LogP contribution < -0.4 is 10.6 Å². The largest absolute Gasteiger partial charge is 0.464 e. The first kappa shape index (κ1) is 21.7. The number of carbonyl (C=O) groups is 3. The van der Waals surface area contributed by atoms with Gasteiger partial charge < -0.3 is 15.4 Å². The van der Waals surface area contributed by atoms with Gasteiger partial charge in [-0.25, -0.2) is 4.79 Å². The van der Waals surface area contributed by atoms with Crippen LogP contribution >= 0.6 is 0 Å². The predicted octanol–water partition coefficient (Wildman–Crippen LogP) is 2.36. The lowest BCUT2D eigenvalue weighted by molar-refractivity contribution is -0.147. The summed E-state index contributed by atoms with van der Waals surface area (Å²) in [5.41, 5.74) is 0.862. The highest BCUT2D eigenvalue weighted by molar-refractivity contribution is 5.86. The lowest BCUT2D eigenvalue weighted by Gasteiger charge is -2.17. The summed E-state index contributed by atoms with van der Waals surface area (Å²) in [6.07, 6.45) is 3.67. The van der Waals surface area contributed by atoms with Gasteiger partial charge >= 0.3 is 5.97 Å². The van der Waals surface area contributed by atoms with Crippen molar-refractivity contribution in [3.8, 4) is 0 Å². The maximum atomic E-state index is 12.2. The summed E-state index contributed by atoms with van der Waals surface area (Å²) in [7, 11) is 0. The Morgan fingerprint density at radius 3 is 2.42 bits per heavy atom. The van der Waals surface area contributed by atoms with E-state index in [1.165, 1.54) is 0 Å². The van der Waals surface area contributed by atoms with E-state index < -0.39 is 12.0 Å². The Labute approximate surface area is 155 Å². The third kappa shape index (κ3) is 9.20. The van der Waals surface area contributed by atoms with Gasteiger partial charge in [-0.15, -0.1) is 0 Å². The maximum Gasteiger partial charge on any atom is 0.328 e. The van der Waals surface area contributed by atoms with Gasteiger partial charge in [0.1, 0.15) is 6.04 Å². The molecule has 2 N–H and O–H groups in total. The van der Waals surface area contributed by atoms with E-state index >= 15 is 0 Å². The SMILES string of the molecule is CCCCCNC(=O)CC[C@@H](NC(=O)Cc1ccccc1)C(=O)OCC. The Morgan fingerprint density at radius 1 is 1.04 bits per heavy atom. The topological polar surface area (TPSA) is 84.5 Å². The molecule has 1 rings (SSSR count). The van der Waals surface area contributed by atoms with Crippen LogP contribution in [-0.2, 0) is 25.5 Å². The molecule has 1 aromatic rings. The Morgan fingerprint density at radius 2 is 1.77 bits per heavy atom. The van der Waals surface area contributed by atoms with E-state index in [0.29, 0.717) is 6.54 Å². The Bertz CT molecular complexity index is 560. The van der Waals surface area contributed by atoms with Crippen molar-refractivity contribution >= 4 is 17.8 Å². The number of esters is 1. The summed E-state index contributed by atoms with van der Waals surface area (Å²) in [5, 5.41) is 5.52. The van der Waals surface area contributed by atoms with E-state index in [2.05, 4.69) is 17.6 Å². The number of unbranched alkanes of at least 4 members (excludes halogenated alkanes) is 2. The van der Waals surface area contributed by atoms with Crippen molar-refractivity contribution in [3.05, 3.63) is 35.9 Å². The molecule has 0 spiro atoms. The van der Waals surface area contributed by atoms with Gasteiger partial charge in [0.2, 0.25) is 11.8 Å². The van der Waals surface area contributed by atoms with Crippen molar-refractivity contribution in [2.24, 2.45) is 0 Å². The van der Waals surface area contributed by atoms with E-state index in [-0.39, 0.29) is 37.7 Å². The summed E-state index contributed by atoms with van der Waals surface area (Å²) in [4.78, 5) is 36.2. The van der Waals surface area contributed by atoms with E-state index in [9.17, 15) is 14.4 Å². The van der Waals surface area contributed by atoms with Gasteiger partial charge in [0, 0.05) is 13.0 Å². The van der Waals surface area contributed by atoms with E-state index in [0.717, 1.165) is 24.8 Å². The molecule has 0 bridgehead atoms. The minimum atomic E-state index is -0.812. The van der Waals surface area contributed by atoms with Gasteiger partial charge in [-0.1, -0.05) is 50.1 Å². The summed E-state index contributed by atoms with van der Waals surface area (Å²) >= 11 is 0. The van der Waals surface area contributed by atoms with Crippen LogP contribution in [0.15, 0.2) is 30.3 Å². The van der Waals surface area contributed by atoms with Crippen LogP contribution in [0.25, 0.3) is 0 Å². The van der Waals surface area contributed by atoms with Crippen LogP contribution in [0.4, 0.5) is 0 Å². The van der Waals surface area contributed by atoms with Crippen molar-refractivity contribution in [3.63, 3.8) is 0 Å². The smallest absolute Gasteiger partial charge is 0.328 e. The van der Waals surface area contributed by atoms with Crippen LogP contribution in [0.1, 0.15) is 51.5 Å². The lowest BCUT2D eigenvalue weighted by atomic mass is 10.1. The van der Waals surface area contributed by atoms with Crippen molar-refractivity contribution in [2.75, 3.05) is 13.2 Å². The molecule has 2 amide bonds. The molecule has 0 radical (unpaired) electrons. The fourth-order valence-corrected chi connectivity index (χ4v) is 2.49. The minimum Gasteiger partial charge on any atom is -0.464 e. The van der Waals surface area contributed by atoms with Crippen LogP contribution in [0, 0.1) is 0 Å². The number of hydrogen-bond donors (Lipinski definition) is 2. The molecule has 0 unspecified atom stereocenters. The van der Waals surface area contributed by atoms with Crippen molar-refractivity contribution in [1.29, 1.82) is 0 Å². The molecule has 0 saturated heterocycles. The monoisotopic (exact) mass is 362 g/mol. The van der Waals surface area contributed by atoms with Crippen LogP contribution in [0.3, 0.4) is 0 Å². The molecule has 0 saturated carbocycles. The molecule has 0 aliphatic carbocycles. The third-order valence-electron chi connectivity index (χ3n) is 3.88. The number of nitrogens with one attached hydrogen (secondary N) is 2. The summed E-state index contributed by atoms with van der Waals surface area (Å²) < 4.78 is 5.02. The Hall–Kier alpha value is -2.37. The Balaban J connectivity index is 2.49. The summed E-state index contributed by atoms with van der Waals surface area (Å²) in [6, 6.07) is 8.48. The normalized spacial score (nSPS) is 11.5. The van der Waals surface area contributed by atoms with E-state index in [1.807, 2.05) is 30.3 Å². The number of hydrogen-bond acceptors (Lipinski definition) is 4. The molecule has 26 heavy (non-hydrogen) atoms. The third-order valence-corrected chi connectivity index (χ3v) is 3.88. The average molecular weight is 362 g/mol. The molecule has 0 aliphatic heterocycles. The fourth-order valence-electron chi connectivity index (χ4n) is 2.49. The second-order valence-corrected chi connectivity index (χ2v) is 6.13. The first-order valence-corrected chi connectivity index (χ1v) is 9.33. The van der Waals surface area contributed by atoms with Crippen molar-refractivity contribution < 1.29 is 19.1 Å². The molecule has 1 atom stereocenters. The second kappa shape index (κ2) is 12.9. The van der Waals surface area contributed by atoms with Gasteiger partial charge in [-0.05, 0) is 25.3 Å². The van der Waals surface area contributed by atoms with Gasteiger partial charge in [-0.2, -0.15) is 0 Å². The highest BCUT2D eigenvalue weighted by atomic mass is 16.5. The summed E-state index contributed by atoms with van der Waals surface area (Å²) in [6.45, 7) is 4.68. The molecular formula is C20H30N2O4. The molecule has 0 aliphatic rings. The number of carbonyl (C=O) groups excluding carboxylic acids is 3.